The monoisotopic (exact) mass is 230 g/mol. The minimum Gasteiger partial charge on any atom is -0.379 e. The first kappa shape index (κ1) is 11.7. The Kier molecular flexibility index (Phi) is 3.77. The predicted octanol–water partition coefficient (Wildman–Crippen LogP) is 2.08. The van der Waals surface area contributed by atoms with Gasteiger partial charge in [0.25, 0.3) is 0 Å². The zero-order valence-electron chi connectivity index (χ0n) is 10.3. The summed E-state index contributed by atoms with van der Waals surface area (Å²) in [6, 6.07) is 8.37. The van der Waals surface area contributed by atoms with Crippen LogP contribution in [0, 0.1) is 0 Å². The van der Waals surface area contributed by atoms with Crippen LogP contribution in [0.25, 0.3) is 0 Å². The van der Waals surface area contributed by atoms with Crippen LogP contribution in [-0.2, 0) is 13.1 Å². The first-order valence-corrected chi connectivity index (χ1v) is 5.69. The quantitative estimate of drug-likeness (QED) is 0.826. The highest BCUT2D eigenvalue weighted by Gasteiger charge is 2.02. The molecule has 1 heterocycles. The van der Waals surface area contributed by atoms with Gasteiger partial charge in [0.15, 0.2) is 0 Å². The van der Waals surface area contributed by atoms with Crippen LogP contribution in [0.15, 0.2) is 36.8 Å². The first-order valence-electron chi connectivity index (χ1n) is 5.69. The molecule has 4 heteroatoms. The number of aromatic nitrogens is 2. The highest BCUT2D eigenvalue weighted by Crippen LogP contribution is 2.16. The maximum atomic E-state index is 4.00. The van der Waals surface area contributed by atoms with E-state index in [2.05, 4.69) is 58.5 Å². The summed E-state index contributed by atoms with van der Waals surface area (Å²) in [6.07, 6.45) is 3.53. The van der Waals surface area contributed by atoms with Crippen LogP contribution in [0.2, 0.25) is 0 Å². The summed E-state index contributed by atoms with van der Waals surface area (Å²) >= 11 is 0. The lowest BCUT2D eigenvalue weighted by atomic mass is 10.1. The molecule has 0 radical (unpaired) electrons. The molecule has 90 valence electrons. The van der Waals surface area contributed by atoms with E-state index in [0.717, 1.165) is 18.8 Å². The van der Waals surface area contributed by atoms with Crippen molar-refractivity contribution in [2.24, 2.45) is 0 Å². The molecular weight excluding hydrogens is 212 g/mol. The lowest BCUT2D eigenvalue weighted by Gasteiger charge is -2.15. The van der Waals surface area contributed by atoms with E-state index in [1.165, 1.54) is 11.3 Å². The van der Waals surface area contributed by atoms with E-state index >= 15 is 0 Å². The number of para-hydroxylation sites is 1. The Hall–Kier alpha value is -1.81. The van der Waals surface area contributed by atoms with Crippen molar-refractivity contribution in [2.75, 3.05) is 19.4 Å². The molecule has 0 saturated carbocycles. The maximum absolute atomic E-state index is 4.00. The van der Waals surface area contributed by atoms with E-state index in [0.29, 0.717) is 0 Å². The second kappa shape index (κ2) is 5.50. The van der Waals surface area contributed by atoms with E-state index in [9.17, 15) is 0 Å². The lowest BCUT2D eigenvalue weighted by molar-refractivity contribution is 0.403. The Bertz CT molecular complexity index is 448. The molecule has 2 aromatic rings. The predicted molar refractivity (Wildman–Crippen MR) is 69.7 cm³/mol. The Balaban J connectivity index is 2.04. The third-order valence-corrected chi connectivity index (χ3v) is 2.53. The fourth-order valence-electron chi connectivity index (χ4n) is 1.74. The van der Waals surface area contributed by atoms with Crippen LogP contribution in [0.4, 0.5) is 5.69 Å². The number of hydrogen-bond acceptors (Lipinski definition) is 3. The van der Waals surface area contributed by atoms with Crippen LogP contribution >= 0.6 is 0 Å². The molecule has 0 unspecified atom stereocenters. The first-order chi connectivity index (χ1) is 8.25. The van der Waals surface area contributed by atoms with Crippen molar-refractivity contribution in [3.05, 3.63) is 48.0 Å². The molecule has 0 saturated heterocycles. The van der Waals surface area contributed by atoms with Crippen molar-refractivity contribution >= 4 is 5.69 Å². The maximum Gasteiger partial charge on any atom is 0.0922 e. The summed E-state index contributed by atoms with van der Waals surface area (Å²) in [7, 11) is 4.15. The topological polar surface area (TPSA) is 44.0 Å². The molecule has 4 nitrogen and oxygen atoms in total. The van der Waals surface area contributed by atoms with Crippen LogP contribution < -0.4 is 5.32 Å². The summed E-state index contributed by atoms with van der Waals surface area (Å²) in [6.45, 7) is 1.70. The number of rotatable bonds is 5. The Morgan fingerprint density at radius 1 is 1.29 bits per heavy atom. The van der Waals surface area contributed by atoms with Crippen molar-refractivity contribution in [1.29, 1.82) is 0 Å². The molecule has 2 N–H and O–H groups in total. The zero-order valence-corrected chi connectivity index (χ0v) is 10.3. The van der Waals surface area contributed by atoms with Gasteiger partial charge in [0.2, 0.25) is 0 Å². The third kappa shape index (κ3) is 3.32. The summed E-state index contributed by atoms with van der Waals surface area (Å²) in [5.74, 6) is 0. The van der Waals surface area contributed by atoms with Gasteiger partial charge in [0.1, 0.15) is 0 Å². The SMILES string of the molecule is CN(C)Cc1ccccc1NCc1cnc[nH]1. The number of hydrogen-bond donors (Lipinski definition) is 2. The molecule has 2 rings (SSSR count). The highest BCUT2D eigenvalue weighted by atomic mass is 15.1. The van der Waals surface area contributed by atoms with Crippen molar-refractivity contribution in [3.63, 3.8) is 0 Å². The molecular formula is C13H18N4. The van der Waals surface area contributed by atoms with Gasteiger partial charge in [-0.2, -0.15) is 0 Å². The Labute approximate surface area is 102 Å². The number of benzene rings is 1. The second-order valence-corrected chi connectivity index (χ2v) is 4.33. The number of anilines is 1. The molecule has 0 spiro atoms. The van der Waals surface area contributed by atoms with E-state index in [1.54, 1.807) is 6.33 Å². The normalized spacial score (nSPS) is 10.8. The average molecular weight is 230 g/mol. The minimum absolute atomic E-state index is 0.768. The Morgan fingerprint density at radius 3 is 2.82 bits per heavy atom. The van der Waals surface area contributed by atoms with E-state index in [1.807, 2.05) is 6.20 Å². The van der Waals surface area contributed by atoms with Crippen molar-refractivity contribution < 1.29 is 0 Å². The number of nitrogens with zero attached hydrogens (tertiary/aromatic N) is 2. The van der Waals surface area contributed by atoms with E-state index in [-0.39, 0.29) is 0 Å². The van der Waals surface area contributed by atoms with E-state index < -0.39 is 0 Å². The van der Waals surface area contributed by atoms with Crippen molar-refractivity contribution in [3.8, 4) is 0 Å². The third-order valence-electron chi connectivity index (χ3n) is 2.53. The van der Waals surface area contributed by atoms with Crippen molar-refractivity contribution in [1.82, 2.24) is 14.9 Å². The number of imidazole rings is 1. The summed E-state index contributed by atoms with van der Waals surface area (Å²) in [5, 5.41) is 3.42. The van der Waals surface area contributed by atoms with Gasteiger partial charge in [0, 0.05) is 18.4 Å². The van der Waals surface area contributed by atoms with Gasteiger partial charge >= 0.3 is 0 Å². The van der Waals surface area contributed by atoms with Gasteiger partial charge in [-0.15, -0.1) is 0 Å². The van der Waals surface area contributed by atoms with Gasteiger partial charge in [-0.25, -0.2) is 4.98 Å². The summed E-state index contributed by atoms with van der Waals surface area (Å²) in [5.41, 5.74) is 3.57. The molecule has 0 fully saturated rings. The molecule has 0 aliphatic rings. The van der Waals surface area contributed by atoms with E-state index in [4.69, 9.17) is 0 Å². The fraction of sp³-hybridized carbons (Fsp3) is 0.308. The van der Waals surface area contributed by atoms with Crippen LogP contribution in [-0.4, -0.2) is 29.0 Å². The molecule has 0 bridgehead atoms. The molecule has 1 aromatic carbocycles. The number of H-pyrrole nitrogens is 1. The number of aromatic amines is 1. The second-order valence-electron chi connectivity index (χ2n) is 4.33. The molecule has 0 aliphatic heterocycles. The molecule has 1 aromatic heterocycles. The van der Waals surface area contributed by atoms with Gasteiger partial charge in [-0.05, 0) is 25.7 Å². The smallest absolute Gasteiger partial charge is 0.0922 e. The molecule has 17 heavy (non-hydrogen) atoms. The highest BCUT2D eigenvalue weighted by molar-refractivity contribution is 5.51. The zero-order chi connectivity index (χ0) is 12.1. The standard InChI is InChI=1S/C13H18N4/c1-17(2)9-11-5-3-4-6-13(11)15-8-12-7-14-10-16-12/h3-7,10,15H,8-9H2,1-2H3,(H,14,16). The molecule has 0 aliphatic carbocycles. The molecule has 0 amide bonds. The van der Waals surface area contributed by atoms with Gasteiger partial charge < -0.3 is 15.2 Å². The van der Waals surface area contributed by atoms with Crippen LogP contribution in [0.5, 0.6) is 0 Å². The van der Waals surface area contributed by atoms with Gasteiger partial charge in [0.05, 0.1) is 18.6 Å². The summed E-state index contributed by atoms with van der Waals surface area (Å²) < 4.78 is 0. The number of nitrogens with one attached hydrogen (secondary N) is 2. The molecule has 0 atom stereocenters. The van der Waals surface area contributed by atoms with Crippen LogP contribution in [0.3, 0.4) is 0 Å². The van der Waals surface area contributed by atoms with Crippen molar-refractivity contribution in [2.45, 2.75) is 13.1 Å². The lowest BCUT2D eigenvalue weighted by Crippen LogP contribution is -2.12. The fourth-order valence-corrected chi connectivity index (χ4v) is 1.74. The summed E-state index contributed by atoms with van der Waals surface area (Å²) in [4.78, 5) is 9.25. The Morgan fingerprint density at radius 2 is 2.12 bits per heavy atom. The van der Waals surface area contributed by atoms with Gasteiger partial charge in [-0.1, -0.05) is 18.2 Å². The minimum atomic E-state index is 0.768. The van der Waals surface area contributed by atoms with Gasteiger partial charge in [-0.3, -0.25) is 0 Å². The van der Waals surface area contributed by atoms with Crippen LogP contribution in [0.1, 0.15) is 11.3 Å². The average Bonchev–Trinajstić information content (AvgIpc) is 2.80. The largest absolute Gasteiger partial charge is 0.379 e.